The van der Waals surface area contributed by atoms with Crippen LogP contribution in [0.2, 0.25) is 0 Å². The number of alkyl halides is 2. The highest BCUT2D eigenvalue weighted by Gasteiger charge is 2.23. The molecule has 0 aliphatic carbocycles. The third kappa shape index (κ3) is 2.69. The van der Waals surface area contributed by atoms with E-state index >= 15 is 0 Å². The molecule has 0 fully saturated rings. The average Bonchev–Trinajstić information content (AvgIpc) is 1.96. The van der Waals surface area contributed by atoms with Crippen molar-refractivity contribution in [3.63, 3.8) is 0 Å². The van der Waals surface area contributed by atoms with E-state index < -0.39 is 6.11 Å². The number of hydrogen-bond acceptors (Lipinski definition) is 1. The van der Waals surface area contributed by atoms with Gasteiger partial charge in [-0.1, -0.05) is 0 Å². The molecule has 0 unspecified atom stereocenters. The van der Waals surface area contributed by atoms with Crippen LogP contribution >= 0.6 is 0 Å². The molecule has 1 rings (SSSR count). The summed E-state index contributed by atoms with van der Waals surface area (Å²) in [5, 5.41) is 0. The zero-order valence-corrected chi connectivity index (χ0v) is 8.82. The number of rotatable bonds is 2. The fourth-order valence-electron chi connectivity index (χ4n) is 1.26. The quantitative estimate of drug-likeness (QED) is 0.708. The molecule has 0 aliphatic heterocycles. The van der Waals surface area contributed by atoms with Gasteiger partial charge < -0.3 is 4.74 Å². The Morgan fingerprint density at radius 3 is 1.86 bits per heavy atom. The first-order chi connectivity index (χ1) is 6.29. The van der Waals surface area contributed by atoms with Gasteiger partial charge in [-0.15, -0.1) is 0 Å². The Balaban J connectivity index is 3.02. The molecule has 1 nitrogen and oxygen atoms in total. The molecule has 3 heteroatoms. The Labute approximate surface area is 82.7 Å². The number of aryl methyl sites for hydroxylation is 2. The fourth-order valence-corrected chi connectivity index (χ4v) is 1.26. The molecule has 0 heterocycles. The monoisotopic (exact) mass is 200 g/mol. The fraction of sp³-hybridized carbons (Fsp3) is 0.455. The summed E-state index contributed by atoms with van der Waals surface area (Å²) >= 11 is 0. The van der Waals surface area contributed by atoms with Crippen molar-refractivity contribution in [2.45, 2.75) is 33.8 Å². The maximum absolute atomic E-state index is 12.5. The molecular weight excluding hydrogens is 186 g/mol. The van der Waals surface area contributed by atoms with Crippen LogP contribution in [-0.2, 0) is 0 Å². The first-order valence-electron chi connectivity index (χ1n) is 4.44. The van der Waals surface area contributed by atoms with Crippen molar-refractivity contribution < 1.29 is 13.5 Å². The van der Waals surface area contributed by atoms with E-state index in [1.807, 2.05) is 20.8 Å². The molecule has 0 saturated carbocycles. The number of ether oxygens (including phenoxy) is 1. The largest absolute Gasteiger partial charge is 0.433 e. The molecule has 0 bridgehead atoms. The van der Waals surface area contributed by atoms with E-state index in [9.17, 15) is 8.78 Å². The Morgan fingerprint density at radius 2 is 1.50 bits per heavy atom. The Kier molecular flexibility index (Phi) is 2.79. The lowest BCUT2D eigenvalue weighted by atomic mass is 10.0. The molecule has 0 radical (unpaired) electrons. The predicted molar refractivity (Wildman–Crippen MR) is 51.9 cm³/mol. The van der Waals surface area contributed by atoms with Crippen molar-refractivity contribution in [2.24, 2.45) is 0 Å². The minimum Gasteiger partial charge on any atom is -0.433 e. The summed E-state index contributed by atoms with van der Waals surface area (Å²) in [6.45, 7) is 6.45. The minimum atomic E-state index is -3.12. The molecule has 1 aromatic rings. The van der Waals surface area contributed by atoms with Gasteiger partial charge >= 0.3 is 6.11 Å². The second-order valence-corrected chi connectivity index (χ2v) is 3.59. The lowest BCUT2D eigenvalue weighted by Gasteiger charge is -2.15. The van der Waals surface area contributed by atoms with Gasteiger partial charge in [0.2, 0.25) is 0 Å². The SMILES string of the molecule is Cc1cc(OC(C)(F)F)cc(C)c1C. The van der Waals surface area contributed by atoms with Crippen LogP contribution in [0.25, 0.3) is 0 Å². The van der Waals surface area contributed by atoms with Crippen LogP contribution in [0, 0.1) is 20.8 Å². The standard InChI is InChI=1S/C11H14F2O/c1-7-5-10(14-11(4,12)13)6-8(2)9(7)3/h5-6H,1-4H3. The topological polar surface area (TPSA) is 9.23 Å². The van der Waals surface area contributed by atoms with E-state index in [0.29, 0.717) is 0 Å². The van der Waals surface area contributed by atoms with Crippen LogP contribution in [0.1, 0.15) is 23.6 Å². The van der Waals surface area contributed by atoms with Crippen molar-refractivity contribution in [1.82, 2.24) is 0 Å². The molecule has 0 aliphatic rings. The maximum atomic E-state index is 12.5. The molecule has 0 atom stereocenters. The first-order valence-corrected chi connectivity index (χ1v) is 4.44. The van der Waals surface area contributed by atoms with Gasteiger partial charge in [-0.2, -0.15) is 8.78 Å². The van der Waals surface area contributed by atoms with Gasteiger partial charge in [-0.3, -0.25) is 0 Å². The number of halogens is 2. The van der Waals surface area contributed by atoms with Crippen LogP contribution < -0.4 is 4.74 Å². The van der Waals surface area contributed by atoms with E-state index in [2.05, 4.69) is 4.74 Å². The van der Waals surface area contributed by atoms with Crippen LogP contribution in [0.3, 0.4) is 0 Å². The van der Waals surface area contributed by atoms with Gasteiger partial charge in [0.1, 0.15) is 5.75 Å². The van der Waals surface area contributed by atoms with E-state index in [4.69, 9.17) is 0 Å². The third-order valence-corrected chi connectivity index (χ3v) is 2.20. The first kappa shape index (κ1) is 11.0. The average molecular weight is 200 g/mol. The number of benzene rings is 1. The summed E-state index contributed by atoms with van der Waals surface area (Å²) in [6, 6.07) is 3.25. The van der Waals surface area contributed by atoms with Crippen LogP contribution in [0.15, 0.2) is 12.1 Å². The van der Waals surface area contributed by atoms with Gasteiger partial charge in [0.15, 0.2) is 0 Å². The minimum absolute atomic E-state index is 0.220. The van der Waals surface area contributed by atoms with Crippen LogP contribution in [0.5, 0.6) is 5.75 Å². The summed E-state index contributed by atoms with van der Waals surface area (Å²) in [7, 11) is 0. The molecule has 1 aromatic carbocycles. The summed E-state index contributed by atoms with van der Waals surface area (Å²) in [5.41, 5.74) is 3.03. The lowest BCUT2D eigenvalue weighted by molar-refractivity contribution is -0.159. The molecule has 0 amide bonds. The van der Waals surface area contributed by atoms with Crippen molar-refractivity contribution in [2.75, 3.05) is 0 Å². The van der Waals surface area contributed by atoms with E-state index in [1.165, 1.54) is 0 Å². The predicted octanol–water partition coefficient (Wildman–Crippen LogP) is 3.60. The zero-order chi connectivity index (χ0) is 10.9. The van der Waals surface area contributed by atoms with Crippen LogP contribution in [-0.4, -0.2) is 6.11 Å². The van der Waals surface area contributed by atoms with Gasteiger partial charge in [-0.05, 0) is 49.6 Å². The van der Waals surface area contributed by atoms with Crippen molar-refractivity contribution in [3.8, 4) is 5.75 Å². The Morgan fingerprint density at radius 1 is 1.07 bits per heavy atom. The molecular formula is C11H14F2O. The van der Waals surface area contributed by atoms with E-state index in [1.54, 1.807) is 12.1 Å². The third-order valence-electron chi connectivity index (χ3n) is 2.20. The zero-order valence-electron chi connectivity index (χ0n) is 8.82. The molecule has 78 valence electrons. The summed E-state index contributed by atoms with van der Waals surface area (Å²) in [6.07, 6.45) is -3.12. The highest BCUT2D eigenvalue weighted by molar-refractivity contribution is 5.40. The smallest absolute Gasteiger partial charge is 0.394 e. The summed E-state index contributed by atoms with van der Waals surface area (Å²) in [5.74, 6) is 0.220. The molecule has 0 N–H and O–H groups in total. The maximum Gasteiger partial charge on any atom is 0.394 e. The molecule has 14 heavy (non-hydrogen) atoms. The highest BCUT2D eigenvalue weighted by Crippen LogP contribution is 2.25. The van der Waals surface area contributed by atoms with Crippen molar-refractivity contribution >= 4 is 0 Å². The highest BCUT2D eigenvalue weighted by atomic mass is 19.3. The van der Waals surface area contributed by atoms with Crippen molar-refractivity contribution in [3.05, 3.63) is 28.8 Å². The molecule has 0 spiro atoms. The molecule has 0 saturated heterocycles. The molecule has 0 aromatic heterocycles. The summed E-state index contributed by atoms with van der Waals surface area (Å²) < 4.78 is 29.6. The van der Waals surface area contributed by atoms with Gasteiger partial charge in [0.05, 0.1) is 0 Å². The second kappa shape index (κ2) is 3.56. The summed E-state index contributed by atoms with van der Waals surface area (Å²) in [4.78, 5) is 0. The normalized spacial score (nSPS) is 11.6. The second-order valence-electron chi connectivity index (χ2n) is 3.59. The van der Waals surface area contributed by atoms with Gasteiger partial charge in [0, 0.05) is 6.92 Å². The Bertz CT molecular complexity index is 317. The van der Waals surface area contributed by atoms with Crippen LogP contribution in [0.4, 0.5) is 8.78 Å². The van der Waals surface area contributed by atoms with Crippen molar-refractivity contribution in [1.29, 1.82) is 0 Å². The van der Waals surface area contributed by atoms with Gasteiger partial charge in [-0.25, -0.2) is 0 Å². The van der Waals surface area contributed by atoms with E-state index in [0.717, 1.165) is 23.6 Å². The number of hydrogen-bond donors (Lipinski definition) is 0. The Hall–Kier alpha value is -1.12. The lowest BCUT2D eigenvalue weighted by Crippen LogP contribution is -2.19. The van der Waals surface area contributed by atoms with E-state index in [-0.39, 0.29) is 5.75 Å². The van der Waals surface area contributed by atoms with Gasteiger partial charge in [0.25, 0.3) is 0 Å².